The van der Waals surface area contributed by atoms with Crippen LogP contribution in [0.3, 0.4) is 0 Å². The number of non-ortho nitro benzene ring substituents is 1. The van der Waals surface area contributed by atoms with Crippen LogP contribution in [0.4, 0.5) is 17.1 Å². The minimum Gasteiger partial charge on any atom is -0.492 e. The molecule has 196 valence electrons. The number of carbonyl (C=O) groups is 2. The fourth-order valence-electron chi connectivity index (χ4n) is 3.89. The smallest absolute Gasteiger partial charge is 0.269 e. The average molecular weight is 516 g/mol. The summed E-state index contributed by atoms with van der Waals surface area (Å²) >= 11 is 0. The van der Waals surface area contributed by atoms with Crippen molar-refractivity contribution in [3.05, 3.63) is 94.0 Å². The Hall–Kier alpha value is -4.66. The maximum absolute atomic E-state index is 12.6. The molecule has 38 heavy (non-hydrogen) atoms. The molecule has 0 unspecified atom stereocenters. The highest BCUT2D eigenvalue weighted by Gasteiger charge is 2.26. The Bertz CT molecular complexity index is 1360. The van der Waals surface area contributed by atoms with Crippen molar-refractivity contribution in [2.45, 2.75) is 26.2 Å². The lowest BCUT2D eigenvalue weighted by Gasteiger charge is -2.29. The summed E-state index contributed by atoms with van der Waals surface area (Å²) < 4.78 is 11.4. The molecule has 0 fully saturated rings. The Kier molecular flexibility index (Phi) is 7.76. The fourth-order valence-corrected chi connectivity index (χ4v) is 3.89. The first kappa shape index (κ1) is 26.4. The van der Waals surface area contributed by atoms with E-state index in [9.17, 15) is 19.7 Å². The molecule has 1 aliphatic heterocycles. The maximum atomic E-state index is 12.6. The number of nitro groups is 1. The van der Waals surface area contributed by atoms with Gasteiger partial charge in [0.15, 0.2) is 6.61 Å². The number of rotatable bonds is 8. The highest BCUT2D eigenvalue weighted by molar-refractivity contribution is 6.03. The van der Waals surface area contributed by atoms with Crippen molar-refractivity contribution in [3.63, 3.8) is 0 Å². The van der Waals surface area contributed by atoms with Gasteiger partial charge >= 0.3 is 0 Å². The van der Waals surface area contributed by atoms with Crippen molar-refractivity contribution >= 4 is 35.0 Å². The van der Waals surface area contributed by atoms with E-state index in [-0.39, 0.29) is 36.1 Å². The van der Waals surface area contributed by atoms with E-state index in [1.54, 1.807) is 41.3 Å². The second-order valence-electron chi connectivity index (χ2n) is 9.81. The summed E-state index contributed by atoms with van der Waals surface area (Å²) in [4.78, 5) is 37.0. The molecule has 9 nitrogen and oxygen atoms in total. The standard InChI is InChI=1S/C29H29N3O6/c1-29(2,3)21-7-12-24(13-8-21)37-17-16-31-25-18-22(9-14-26(25)38-19-28(31)34)30-27(33)15-6-20-4-10-23(11-5-20)32(35)36/h4-15,18H,16-17,19H2,1-3H3,(H,30,33)/b15-6+. The molecular weight excluding hydrogens is 486 g/mol. The number of hydrogen-bond donors (Lipinski definition) is 1. The summed E-state index contributed by atoms with van der Waals surface area (Å²) in [6.07, 6.45) is 2.89. The molecule has 0 aliphatic carbocycles. The average Bonchev–Trinajstić information content (AvgIpc) is 2.89. The van der Waals surface area contributed by atoms with E-state index < -0.39 is 4.92 Å². The van der Waals surface area contributed by atoms with Crippen molar-refractivity contribution < 1.29 is 24.0 Å². The largest absolute Gasteiger partial charge is 0.492 e. The molecule has 1 N–H and O–H groups in total. The van der Waals surface area contributed by atoms with E-state index in [1.165, 1.54) is 23.8 Å². The Labute approximate surface area is 220 Å². The first-order valence-electron chi connectivity index (χ1n) is 12.1. The molecule has 0 saturated carbocycles. The van der Waals surface area contributed by atoms with E-state index in [0.717, 1.165) is 5.75 Å². The van der Waals surface area contributed by atoms with E-state index in [0.29, 0.717) is 29.2 Å². The SMILES string of the molecule is CC(C)(C)c1ccc(OCCN2C(=O)COc3ccc(NC(=O)/C=C/c4ccc([N+](=O)[O-])cc4)cc32)cc1. The van der Waals surface area contributed by atoms with E-state index in [4.69, 9.17) is 9.47 Å². The number of nitrogens with zero attached hydrogens (tertiary/aromatic N) is 2. The number of hydrogen-bond acceptors (Lipinski definition) is 6. The van der Waals surface area contributed by atoms with Gasteiger partial charge in [-0.05, 0) is 65.1 Å². The zero-order chi connectivity index (χ0) is 27.3. The fraction of sp³-hybridized carbons (Fsp3) is 0.241. The Morgan fingerprint density at radius 1 is 1.11 bits per heavy atom. The van der Waals surface area contributed by atoms with Crippen LogP contribution in [0.5, 0.6) is 11.5 Å². The molecule has 0 spiro atoms. The molecule has 3 aromatic rings. The lowest BCUT2D eigenvalue weighted by molar-refractivity contribution is -0.384. The molecule has 3 aromatic carbocycles. The first-order valence-corrected chi connectivity index (χ1v) is 12.1. The zero-order valence-corrected chi connectivity index (χ0v) is 21.5. The Morgan fingerprint density at radius 2 is 1.82 bits per heavy atom. The number of ether oxygens (including phenoxy) is 2. The van der Waals surface area contributed by atoms with Gasteiger partial charge in [-0.2, -0.15) is 0 Å². The second-order valence-corrected chi connectivity index (χ2v) is 9.81. The van der Waals surface area contributed by atoms with E-state index >= 15 is 0 Å². The number of nitrogens with one attached hydrogen (secondary N) is 1. The third-order valence-electron chi connectivity index (χ3n) is 6.00. The van der Waals surface area contributed by atoms with Gasteiger partial charge < -0.3 is 19.7 Å². The summed E-state index contributed by atoms with van der Waals surface area (Å²) in [6.45, 7) is 6.97. The van der Waals surface area contributed by atoms with Gasteiger partial charge in [-0.25, -0.2) is 0 Å². The first-order chi connectivity index (χ1) is 18.1. The quantitative estimate of drug-likeness (QED) is 0.246. The number of amides is 2. The van der Waals surface area contributed by atoms with Crippen LogP contribution in [0.2, 0.25) is 0 Å². The van der Waals surface area contributed by atoms with Gasteiger partial charge in [0.25, 0.3) is 11.6 Å². The van der Waals surface area contributed by atoms with Crippen LogP contribution in [-0.2, 0) is 15.0 Å². The van der Waals surface area contributed by atoms with Crippen molar-refractivity contribution in [2.24, 2.45) is 0 Å². The van der Waals surface area contributed by atoms with Gasteiger partial charge in [0.05, 0.1) is 17.2 Å². The molecule has 2 amide bonds. The highest BCUT2D eigenvalue weighted by Crippen LogP contribution is 2.34. The third-order valence-corrected chi connectivity index (χ3v) is 6.00. The molecule has 9 heteroatoms. The second kappa shape index (κ2) is 11.2. The van der Waals surface area contributed by atoms with Crippen LogP contribution in [0.1, 0.15) is 31.9 Å². The van der Waals surface area contributed by atoms with Gasteiger partial charge in [0, 0.05) is 23.9 Å². The van der Waals surface area contributed by atoms with E-state index in [1.807, 2.05) is 24.3 Å². The summed E-state index contributed by atoms with van der Waals surface area (Å²) in [5.74, 6) is 0.670. The summed E-state index contributed by atoms with van der Waals surface area (Å²) in [5, 5.41) is 13.5. The van der Waals surface area contributed by atoms with Crippen molar-refractivity contribution in [1.29, 1.82) is 0 Å². The predicted octanol–water partition coefficient (Wildman–Crippen LogP) is 5.35. The van der Waals surface area contributed by atoms with Crippen LogP contribution in [0.25, 0.3) is 6.08 Å². The van der Waals surface area contributed by atoms with Gasteiger partial charge in [-0.1, -0.05) is 32.9 Å². The molecule has 1 aliphatic rings. The van der Waals surface area contributed by atoms with Crippen LogP contribution in [0.15, 0.2) is 72.8 Å². The molecule has 0 aromatic heterocycles. The Morgan fingerprint density at radius 3 is 2.47 bits per heavy atom. The molecule has 4 rings (SSSR count). The minimum absolute atomic E-state index is 0.0224. The molecule has 0 saturated heterocycles. The lowest BCUT2D eigenvalue weighted by Crippen LogP contribution is -2.41. The van der Waals surface area contributed by atoms with Crippen LogP contribution in [0, 0.1) is 10.1 Å². The molecule has 0 bridgehead atoms. The van der Waals surface area contributed by atoms with Crippen LogP contribution in [-0.4, -0.2) is 36.5 Å². The van der Waals surface area contributed by atoms with Crippen molar-refractivity contribution in [1.82, 2.24) is 0 Å². The number of anilines is 2. The lowest BCUT2D eigenvalue weighted by atomic mass is 9.87. The topological polar surface area (TPSA) is 111 Å². The van der Waals surface area contributed by atoms with Crippen LogP contribution >= 0.6 is 0 Å². The predicted molar refractivity (Wildman–Crippen MR) is 146 cm³/mol. The van der Waals surface area contributed by atoms with E-state index in [2.05, 4.69) is 26.1 Å². The molecular formula is C29H29N3O6. The van der Waals surface area contributed by atoms with Gasteiger partial charge in [0.1, 0.15) is 18.1 Å². The molecule has 0 radical (unpaired) electrons. The summed E-state index contributed by atoms with van der Waals surface area (Å²) in [6, 6.07) is 18.9. The summed E-state index contributed by atoms with van der Waals surface area (Å²) in [7, 11) is 0. The molecule has 0 atom stereocenters. The maximum Gasteiger partial charge on any atom is 0.269 e. The van der Waals surface area contributed by atoms with Gasteiger partial charge in [-0.15, -0.1) is 0 Å². The van der Waals surface area contributed by atoms with Gasteiger partial charge in [-0.3, -0.25) is 19.7 Å². The number of fused-ring (bicyclic) bond motifs is 1. The number of benzene rings is 3. The summed E-state index contributed by atoms with van der Waals surface area (Å²) in [5.41, 5.74) is 2.92. The molecule has 1 heterocycles. The Balaban J connectivity index is 1.39. The monoisotopic (exact) mass is 515 g/mol. The van der Waals surface area contributed by atoms with Crippen LogP contribution < -0.4 is 19.7 Å². The van der Waals surface area contributed by atoms with Gasteiger partial charge in [0.2, 0.25) is 5.91 Å². The van der Waals surface area contributed by atoms with Crippen molar-refractivity contribution in [3.8, 4) is 11.5 Å². The normalized spacial score (nSPS) is 13.1. The third kappa shape index (κ3) is 6.56. The van der Waals surface area contributed by atoms with Crippen molar-refractivity contribution in [2.75, 3.05) is 30.0 Å². The number of carbonyl (C=O) groups excluding carboxylic acids is 2. The highest BCUT2D eigenvalue weighted by atomic mass is 16.6. The number of nitro benzene ring substituents is 1. The minimum atomic E-state index is -0.482. The zero-order valence-electron chi connectivity index (χ0n) is 21.5.